The van der Waals surface area contributed by atoms with Crippen molar-refractivity contribution in [1.29, 1.82) is 0 Å². The zero-order chi connectivity index (χ0) is 10.7. The lowest BCUT2D eigenvalue weighted by Gasteiger charge is -2.30. The smallest absolute Gasteiger partial charge is 0.145 e. The summed E-state index contributed by atoms with van der Waals surface area (Å²) in [6, 6.07) is 1.85. The van der Waals surface area contributed by atoms with Gasteiger partial charge in [0.2, 0.25) is 0 Å². The number of nitrogens with zero attached hydrogens (tertiary/aromatic N) is 3. The summed E-state index contributed by atoms with van der Waals surface area (Å²) in [5.41, 5.74) is 5.56. The van der Waals surface area contributed by atoms with Gasteiger partial charge in [0.1, 0.15) is 5.82 Å². The quantitative estimate of drug-likeness (QED) is 0.812. The predicted octanol–water partition coefficient (Wildman–Crippen LogP) is 1.20. The molecular formula is C11H20N4. The van der Waals surface area contributed by atoms with Crippen LogP contribution in [0.2, 0.25) is 0 Å². The van der Waals surface area contributed by atoms with Crippen molar-refractivity contribution in [3.8, 4) is 0 Å². The van der Waals surface area contributed by atoms with Crippen LogP contribution in [-0.2, 0) is 6.54 Å². The molecule has 0 amide bonds. The number of nitrogen functional groups attached to an aromatic ring is 1. The van der Waals surface area contributed by atoms with Crippen LogP contribution in [0, 0.1) is 5.92 Å². The first-order valence-electron chi connectivity index (χ1n) is 5.75. The van der Waals surface area contributed by atoms with Gasteiger partial charge in [0, 0.05) is 19.3 Å². The molecule has 1 aromatic heterocycles. The van der Waals surface area contributed by atoms with E-state index in [-0.39, 0.29) is 0 Å². The summed E-state index contributed by atoms with van der Waals surface area (Å²) in [6.07, 6.45) is 4.66. The summed E-state index contributed by atoms with van der Waals surface area (Å²) in [4.78, 5) is 2.52. The van der Waals surface area contributed by atoms with Crippen LogP contribution in [0.15, 0.2) is 12.3 Å². The third-order valence-electron chi connectivity index (χ3n) is 3.05. The fraction of sp³-hybridized carbons (Fsp3) is 0.727. The van der Waals surface area contributed by atoms with Gasteiger partial charge in [-0.1, -0.05) is 6.92 Å². The van der Waals surface area contributed by atoms with Crippen molar-refractivity contribution in [3.63, 3.8) is 0 Å². The Morgan fingerprint density at radius 3 is 3.07 bits per heavy atom. The molecule has 1 saturated heterocycles. The van der Waals surface area contributed by atoms with Crippen LogP contribution in [0.3, 0.4) is 0 Å². The Morgan fingerprint density at radius 2 is 2.40 bits per heavy atom. The molecule has 1 fully saturated rings. The number of likely N-dealkylation sites (tertiary alicyclic amines) is 1. The van der Waals surface area contributed by atoms with Gasteiger partial charge in [-0.15, -0.1) is 0 Å². The summed E-state index contributed by atoms with van der Waals surface area (Å²) in [5, 5.41) is 4.18. The molecule has 0 spiro atoms. The summed E-state index contributed by atoms with van der Waals surface area (Å²) >= 11 is 0. The van der Waals surface area contributed by atoms with Crippen molar-refractivity contribution in [1.82, 2.24) is 14.7 Å². The SMILES string of the molecule is CC1CCCN(CCn2ccc(N)n2)C1. The molecule has 2 rings (SSSR count). The van der Waals surface area contributed by atoms with Gasteiger partial charge in [-0.3, -0.25) is 4.68 Å². The first-order chi connectivity index (χ1) is 7.24. The minimum absolute atomic E-state index is 0.613. The Kier molecular flexibility index (Phi) is 3.26. The number of rotatable bonds is 3. The van der Waals surface area contributed by atoms with Gasteiger partial charge >= 0.3 is 0 Å². The lowest BCUT2D eigenvalue weighted by molar-refractivity contribution is 0.176. The summed E-state index contributed by atoms with van der Waals surface area (Å²) < 4.78 is 1.93. The van der Waals surface area contributed by atoms with E-state index >= 15 is 0 Å². The van der Waals surface area contributed by atoms with Crippen LogP contribution < -0.4 is 5.73 Å². The van der Waals surface area contributed by atoms with Gasteiger partial charge < -0.3 is 10.6 Å². The molecule has 1 aliphatic heterocycles. The third kappa shape index (κ3) is 2.96. The first kappa shape index (κ1) is 10.5. The zero-order valence-electron chi connectivity index (χ0n) is 9.39. The van der Waals surface area contributed by atoms with Crippen molar-refractivity contribution in [2.75, 3.05) is 25.4 Å². The van der Waals surface area contributed by atoms with Crippen LogP contribution in [0.1, 0.15) is 19.8 Å². The molecule has 1 aliphatic rings. The minimum Gasteiger partial charge on any atom is -0.382 e. The Balaban J connectivity index is 1.77. The van der Waals surface area contributed by atoms with Crippen LogP contribution in [0.5, 0.6) is 0 Å². The summed E-state index contributed by atoms with van der Waals surface area (Å²) in [6.45, 7) is 6.84. The number of aromatic nitrogens is 2. The standard InChI is InChI=1S/C11H20N4/c1-10-3-2-5-14(9-10)7-8-15-6-4-11(12)13-15/h4,6,10H,2-3,5,7-9H2,1H3,(H2,12,13). The van der Waals surface area contributed by atoms with E-state index in [0.717, 1.165) is 19.0 Å². The van der Waals surface area contributed by atoms with E-state index < -0.39 is 0 Å². The molecule has 0 aromatic carbocycles. The van der Waals surface area contributed by atoms with E-state index in [1.54, 1.807) is 0 Å². The van der Waals surface area contributed by atoms with Crippen LogP contribution in [0.25, 0.3) is 0 Å². The summed E-state index contributed by atoms with van der Waals surface area (Å²) in [5.74, 6) is 1.46. The maximum atomic E-state index is 5.56. The van der Waals surface area contributed by atoms with Gasteiger partial charge in [-0.2, -0.15) is 5.10 Å². The highest BCUT2D eigenvalue weighted by Gasteiger charge is 2.15. The average molecular weight is 208 g/mol. The first-order valence-corrected chi connectivity index (χ1v) is 5.75. The molecule has 0 bridgehead atoms. The fourth-order valence-corrected chi connectivity index (χ4v) is 2.24. The van der Waals surface area contributed by atoms with E-state index in [9.17, 15) is 0 Å². The Bertz CT molecular complexity index is 307. The highest BCUT2D eigenvalue weighted by Crippen LogP contribution is 2.14. The second-order valence-corrected chi connectivity index (χ2v) is 4.55. The average Bonchev–Trinajstić information content (AvgIpc) is 2.62. The van der Waals surface area contributed by atoms with Gasteiger partial charge in [-0.05, 0) is 31.4 Å². The second-order valence-electron chi connectivity index (χ2n) is 4.55. The van der Waals surface area contributed by atoms with E-state index in [0.29, 0.717) is 5.82 Å². The lowest BCUT2D eigenvalue weighted by Crippen LogP contribution is -2.36. The Labute approximate surface area is 91.1 Å². The monoisotopic (exact) mass is 208 g/mol. The number of anilines is 1. The molecule has 0 radical (unpaired) electrons. The molecule has 2 heterocycles. The maximum absolute atomic E-state index is 5.56. The third-order valence-corrected chi connectivity index (χ3v) is 3.05. The van der Waals surface area contributed by atoms with Crippen molar-refractivity contribution >= 4 is 5.82 Å². The van der Waals surface area contributed by atoms with Crippen molar-refractivity contribution < 1.29 is 0 Å². The molecular weight excluding hydrogens is 188 g/mol. The maximum Gasteiger partial charge on any atom is 0.145 e. The molecule has 0 aliphatic carbocycles. The lowest BCUT2D eigenvalue weighted by atomic mass is 10.0. The molecule has 1 atom stereocenters. The molecule has 4 heteroatoms. The molecule has 2 N–H and O–H groups in total. The Morgan fingerprint density at radius 1 is 1.53 bits per heavy atom. The highest BCUT2D eigenvalue weighted by molar-refractivity contribution is 5.23. The number of piperidine rings is 1. The van der Waals surface area contributed by atoms with Gasteiger partial charge in [-0.25, -0.2) is 0 Å². The zero-order valence-corrected chi connectivity index (χ0v) is 9.39. The molecule has 4 nitrogen and oxygen atoms in total. The molecule has 1 aromatic rings. The van der Waals surface area contributed by atoms with Gasteiger partial charge in [0.25, 0.3) is 0 Å². The fourth-order valence-electron chi connectivity index (χ4n) is 2.24. The Hall–Kier alpha value is -1.03. The second kappa shape index (κ2) is 4.66. The summed E-state index contributed by atoms with van der Waals surface area (Å²) in [7, 11) is 0. The molecule has 84 valence electrons. The van der Waals surface area contributed by atoms with E-state index in [2.05, 4.69) is 16.9 Å². The van der Waals surface area contributed by atoms with Crippen molar-refractivity contribution in [3.05, 3.63) is 12.3 Å². The topological polar surface area (TPSA) is 47.1 Å². The van der Waals surface area contributed by atoms with Crippen molar-refractivity contribution in [2.45, 2.75) is 26.3 Å². The minimum atomic E-state index is 0.613. The normalized spacial score (nSPS) is 23.1. The van der Waals surface area contributed by atoms with Gasteiger partial charge in [0.15, 0.2) is 0 Å². The molecule has 0 saturated carbocycles. The van der Waals surface area contributed by atoms with Gasteiger partial charge in [0.05, 0.1) is 6.54 Å². The van der Waals surface area contributed by atoms with E-state index in [4.69, 9.17) is 5.73 Å². The van der Waals surface area contributed by atoms with E-state index in [1.807, 2.05) is 16.9 Å². The van der Waals surface area contributed by atoms with Crippen molar-refractivity contribution in [2.24, 2.45) is 5.92 Å². The number of hydrogen-bond donors (Lipinski definition) is 1. The van der Waals surface area contributed by atoms with E-state index in [1.165, 1.54) is 25.9 Å². The predicted molar refractivity (Wildman–Crippen MR) is 61.5 cm³/mol. The molecule has 15 heavy (non-hydrogen) atoms. The molecule has 1 unspecified atom stereocenters. The number of hydrogen-bond acceptors (Lipinski definition) is 3. The van der Waals surface area contributed by atoms with Crippen LogP contribution in [0.4, 0.5) is 5.82 Å². The highest BCUT2D eigenvalue weighted by atomic mass is 15.3. The van der Waals surface area contributed by atoms with Crippen LogP contribution in [-0.4, -0.2) is 34.3 Å². The van der Waals surface area contributed by atoms with Crippen LogP contribution >= 0.6 is 0 Å². The largest absolute Gasteiger partial charge is 0.382 e. The number of nitrogens with two attached hydrogens (primary N) is 1.